The number of halogens is 2. The number of anilines is 2. The fraction of sp³-hybridized carbons (Fsp3) is 0.0769. The van der Waals surface area contributed by atoms with E-state index >= 15 is 0 Å². The van der Waals surface area contributed by atoms with Crippen LogP contribution in [0.5, 0.6) is 0 Å². The van der Waals surface area contributed by atoms with E-state index in [1.807, 2.05) is 0 Å². The summed E-state index contributed by atoms with van der Waals surface area (Å²) in [4.78, 5) is 10.4. The second kappa shape index (κ2) is 5.24. The highest BCUT2D eigenvalue weighted by atomic mass is 35.5. The van der Waals surface area contributed by atoms with Crippen LogP contribution in [0.3, 0.4) is 0 Å². The minimum Gasteiger partial charge on any atom is -0.350 e. The largest absolute Gasteiger partial charge is 0.350 e. The van der Waals surface area contributed by atoms with E-state index in [1.54, 1.807) is 25.1 Å². The van der Waals surface area contributed by atoms with Crippen LogP contribution in [0.2, 0.25) is 5.02 Å². The highest BCUT2D eigenvalue weighted by molar-refractivity contribution is 6.33. The predicted molar refractivity (Wildman–Crippen MR) is 72.5 cm³/mol. The van der Waals surface area contributed by atoms with Crippen LogP contribution in [-0.2, 0) is 0 Å². The van der Waals surface area contributed by atoms with Crippen molar-refractivity contribution in [3.8, 4) is 0 Å². The molecule has 6 heteroatoms. The third kappa shape index (κ3) is 2.82. The Bertz CT molecular complexity index is 647. The van der Waals surface area contributed by atoms with Crippen molar-refractivity contribution in [1.29, 1.82) is 0 Å². The molecular formula is C13H10ClFN2O2. The van der Waals surface area contributed by atoms with Crippen molar-refractivity contribution < 1.29 is 9.31 Å². The molecule has 0 atom stereocenters. The summed E-state index contributed by atoms with van der Waals surface area (Å²) in [5, 5.41) is 13.8. The molecule has 0 aliphatic rings. The van der Waals surface area contributed by atoms with Crippen LogP contribution in [0.4, 0.5) is 21.5 Å². The van der Waals surface area contributed by atoms with Gasteiger partial charge in [0.1, 0.15) is 16.5 Å². The number of rotatable bonds is 3. The van der Waals surface area contributed by atoms with Gasteiger partial charge < -0.3 is 5.32 Å². The lowest BCUT2D eigenvalue weighted by Crippen LogP contribution is -1.98. The van der Waals surface area contributed by atoms with E-state index in [0.29, 0.717) is 11.3 Å². The summed E-state index contributed by atoms with van der Waals surface area (Å²) < 4.78 is 13.4. The summed E-state index contributed by atoms with van der Waals surface area (Å²) in [7, 11) is 0. The van der Waals surface area contributed by atoms with Gasteiger partial charge in [0.05, 0.1) is 4.92 Å². The zero-order valence-electron chi connectivity index (χ0n) is 9.98. The molecule has 0 unspecified atom stereocenters. The molecule has 0 saturated heterocycles. The first-order chi connectivity index (χ1) is 8.99. The topological polar surface area (TPSA) is 55.2 Å². The molecule has 0 heterocycles. The minimum absolute atomic E-state index is 0.0302. The maximum atomic E-state index is 13.4. The van der Waals surface area contributed by atoms with Gasteiger partial charge in [0.15, 0.2) is 0 Å². The minimum atomic E-state index is -0.574. The van der Waals surface area contributed by atoms with Crippen molar-refractivity contribution in [1.82, 2.24) is 0 Å². The monoisotopic (exact) mass is 280 g/mol. The Balaban J connectivity index is 2.40. The van der Waals surface area contributed by atoms with Crippen molar-refractivity contribution in [2.75, 3.05) is 5.32 Å². The van der Waals surface area contributed by atoms with Crippen LogP contribution in [0.15, 0.2) is 36.4 Å². The fourth-order valence-electron chi connectivity index (χ4n) is 1.63. The van der Waals surface area contributed by atoms with E-state index in [2.05, 4.69) is 5.32 Å². The Hall–Kier alpha value is -2.14. The number of aryl methyl sites for hydroxylation is 1. The van der Waals surface area contributed by atoms with Crippen LogP contribution in [-0.4, -0.2) is 4.92 Å². The number of nitro groups is 1. The van der Waals surface area contributed by atoms with Crippen LogP contribution in [0, 0.1) is 22.9 Å². The zero-order chi connectivity index (χ0) is 14.0. The first kappa shape index (κ1) is 13.3. The van der Waals surface area contributed by atoms with Crippen molar-refractivity contribution >= 4 is 28.7 Å². The number of nitro benzene ring substituents is 1. The maximum Gasteiger partial charge on any atom is 0.311 e. The third-order valence-electron chi connectivity index (χ3n) is 2.62. The SMILES string of the molecule is Cc1ccc(Nc2cccc(Cl)c2[N+](=O)[O-])cc1F. The maximum absolute atomic E-state index is 13.4. The second-order valence-corrected chi connectivity index (χ2v) is 4.39. The summed E-state index contributed by atoms with van der Waals surface area (Å²) in [5.41, 5.74) is 0.922. The highest BCUT2D eigenvalue weighted by Gasteiger charge is 2.18. The van der Waals surface area contributed by atoms with Crippen LogP contribution in [0.1, 0.15) is 5.56 Å². The van der Waals surface area contributed by atoms with Crippen molar-refractivity contribution in [2.45, 2.75) is 6.92 Å². The lowest BCUT2D eigenvalue weighted by molar-refractivity contribution is -0.383. The van der Waals surface area contributed by atoms with Crippen molar-refractivity contribution in [2.24, 2.45) is 0 Å². The molecule has 0 aromatic heterocycles. The molecular weight excluding hydrogens is 271 g/mol. The average molecular weight is 281 g/mol. The predicted octanol–water partition coefficient (Wildman–Crippen LogP) is 4.44. The molecule has 2 rings (SSSR count). The van der Waals surface area contributed by atoms with Gasteiger partial charge in [-0.2, -0.15) is 0 Å². The molecule has 0 aliphatic carbocycles. The first-order valence-corrected chi connectivity index (χ1v) is 5.83. The van der Waals surface area contributed by atoms with Gasteiger partial charge in [0.25, 0.3) is 0 Å². The van der Waals surface area contributed by atoms with E-state index in [0.717, 1.165) is 0 Å². The first-order valence-electron chi connectivity index (χ1n) is 5.45. The Labute approximate surface area is 114 Å². The molecule has 0 spiro atoms. The molecule has 0 amide bonds. The lowest BCUT2D eigenvalue weighted by Gasteiger charge is -2.08. The van der Waals surface area contributed by atoms with Crippen LogP contribution < -0.4 is 5.32 Å². The van der Waals surface area contributed by atoms with Crippen molar-refractivity contribution in [3.05, 3.63) is 62.9 Å². The second-order valence-electron chi connectivity index (χ2n) is 3.98. The van der Waals surface area contributed by atoms with Gasteiger partial charge in [0, 0.05) is 5.69 Å². The Kier molecular flexibility index (Phi) is 3.66. The molecule has 0 radical (unpaired) electrons. The van der Waals surface area contributed by atoms with Gasteiger partial charge in [-0.15, -0.1) is 0 Å². The molecule has 19 heavy (non-hydrogen) atoms. The fourth-order valence-corrected chi connectivity index (χ4v) is 1.87. The van der Waals surface area contributed by atoms with Gasteiger partial charge >= 0.3 is 5.69 Å². The van der Waals surface area contributed by atoms with Gasteiger partial charge in [-0.05, 0) is 36.8 Å². The molecule has 0 fully saturated rings. The number of benzene rings is 2. The van der Waals surface area contributed by atoms with Gasteiger partial charge in [-0.1, -0.05) is 23.7 Å². The van der Waals surface area contributed by atoms with E-state index in [4.69, 9.17) is 11.6 Å². The van der Waals surface area contributed by atoms with Gasteiger partial charge in [0.2, 0.25) is 0 Å². The Morgan fingerprint density at radius 1 is 1.32 bits per heavy atom. The molecule has 2 aromatic rings. The van der Waals surface area contributed by atoms with E-state index in [1.165, 1.54) is 18.2 Å². The summed E-state index contributed by atoms with van der Waals surface area (Å²) in [6.45, 7) is 1.64. The Morgan fingerprint density at radius 2 is 2.05 bits per heavy atom. The zero-order valence-corrected chi connectivity index (χ0v) is 10.7. The quantitative estimate of drug-likeness (QED) is 0.668. The average Bonchev–Trinajstić information content (AvgIpc) is 2.33. The van der Waals surface area contributed by atoms with Crippen molar-refractivity contribution in [3.63, 3.8) is 0 Å². The third-order valence-corrected chi connectivity index (χ3v) is 2.93. The molecule has 98 valence electrons. The summed E-state index contributed by atoms with van der Waals surface area (Å²) in [6.07, 6.45) is 0. The van der Waals surface area contributed by atoms with Gasteiger partial charge in [-0.25, -0.2) is 4.39 Å². The molecule has 1 N–H and O–H groups in total. The molecule has 2 aromatic carbocycles. The van der Waals surface area contributed by atoms with Crippen LogP contribution in [0.25, 0.3) is 0 Å². The van der Waals surface area contributed by atoms with E-state index < -0.39 is 4.92 Å². The standard InChI is InChI=1S/C13H10ClFN2O2/c1-8-5-6-9(7-11(8)15)16-12-4-2-3-10(14)13(12)17(18)19/h2-7,16H,1H3. The smallest absolute Gasteiger partial charge is 0.311 e. The molecule has 4 nitrogen and oxygen atoms in total. The van der Waals surface area contributed by atoms with E-state index in [9.17, 15) is 14.5 Å². The summed E-state index contributed by atoms with van der Waals surface area (Å²) in [5.74, 6) is -0.380. The van der Waals surface area contributed by atoms with Crippen LogP contribution >= 0.6 is 11.6 Å². The number of nitrogens with one attached hydrogen (secondary N) is 1. The number of nitrogens with zero attached hydrogens (tertiary/aromatic N) is 1. The number of hydrogen-bond donors (Lipinski definition) is 1. The summed E-state index contributed by atoms with van der Waals surface area (Å²) in [6, 6.07) is 9.04. The Morgan fingerprint density at radius 3 is 2.68 bits per heavy atom. The van der Waals surface area contributed by atoms with Gasteiger partial charge in [-0.3, -0.25) is 10.1 Å². The highest BCUT2D eigenvalue weighted by Crippen LogP contribution is 2.34. The number of para-hydroxylation sites is 1. The van der Waals surface area contributed by atoms with E-state index in [-0.39, 0.29) is 22.2 Å². The summed E-state index contributed by atoms with van der Waals surface area (Å²) >= 11 is 5.79. The number of hydrogen-bond acceptors (Lipinski definition) is 3. The normalized spacial score (nSPS) is 10.3. The molecule has 0 bridgehead atoms. The lowest BCUT2D eigenvalue weighted by atomic mass is 10.2. The molecule has 0 saturated carbocycles. The molecule has 0 aliphatic heterocycles.